The van der Waals surface area contributed by atoms with E-state index in [0.29, 0.717) is 41.7 Å². The summed E-state index contributed by atoms with van der Waals surface area (Å²) < 4.78 is 1.71. The van der Waals surface area contributed by atoms with Gasteiger partial charge < -0.3 is 20.1 Å². The van der Waals surface area contributed by atoms with Crippen molar-refractivity contribution in [3.63, 3.8) is 0 Å². The van der Waals surface area contributed by atoms with Crippen molar-refractivity contribution in [3.8, 4) is 16.9 Å². The lowest BCUT2D eigenvalue weighted by atomic mass is 9.98. The third-order valence-electron chi connectivity index (χ3n) is 9.14. The van der Waals surface area contributed by atoms with Crippen LogP contribution in [0.3, 0.4) is 0 Å². The number of amides is 1. The van der Waals surface area contributed by atoms with E-state index in [9.17, 15) is 9.59 Å². The minimum absolute atomic E-state index is 0.0540. The maximum absolute atomic E-state index is 14.8. The highest BCUT2D eigenvalue weighted by atomic mass is 35.5. The summed E-state index contributed by atoms with van der Waals surface area (Å²) in [6, 6.07) is 7.70. The van der Waals surface area contributed by atoms with Crippen molar-refractivity contribution in [1.82, 2.24) is 29.4 Å². The number of pyridine rings is 3. The SMILES string of the molecule is C=CC(=O)N1CC2CNc3c(c4cc(Cl)c(-c5c(C)ccc6[nH]cnc56)nc4n(-c4c(C)ccnc4C(C)C)c3=O)N2CC1C. The Labute approximate surface area is 265 Å². The first-order valence-corrected chi connectivity index (χ1v) is 15.6. The molecule has 2 atom stereocenters. The number of aromatic amines is 1. The van der Waals surface area contributed by atoms with Crippen LogP contribution in [0.1, 0.15) is 43.5 Å². The van der Waals surface area contributed by atoms with Crippen LogP contribution in [0, 0.1) is 13.8 Å². The summed E-state index contributed by atoms with van der Waals surface area (Å²) in [4.78, 5) is 49.3. The highest BCUT2D eigenvalue weighted by molar-refractivity contribution is 6.34. The van der Waals surface area contributed by atoms with E-state index in [1.54, 1.807) is 17.1 Å². The molecule has 7 rings (SSSR count). The summed E-state index contributed by atoms with van der Waals surface area (Å²) in [5, 5.41) is 4.65. The predicted octanol–water partition coefficient (Wildman–Crippen LogP) is 5.73. The number of rotatable bonds is 4. The molecule has 0 spiro atoms. The van der Waals surface area contributed by atoms with Crippen LogP contribution in [-0.2, 0) is 4.79 Å². The van der Waals surface area contributed by atoms with Gasteiger partial charge in [-0.2, -0.15) is 0 Å². The molecule has 6 heterocycles. The number of fused-ring (bicyclic) bond motifs is 6. The molecular formula is C34H35ClN8O2. The molecular weight excluding hydrogens is 588 g/mol. The number of benzene rings is 1. The molecule has 11 heteroatoms. The Kier molecular flexibility index (Phi) is 6.92. The highest BCUT2D eigenvalue weighted by Crippen LogP contribution is 2.43. The molecule has 1 saturated heterocycles. The van der Waals surface area contributed by atoms with Crippen LogP contribution in [-0.4, -0.2) is 67.0 Å². The molecule has 1 amide bonds. The Morgan fingerprint density at radius 2 is 1.93 bits per heavy atom. The molecule has 45 heavy (non-hydrogen) atoms. The van der Waals surface area contributed by atoms with E-state index in [0.717, 1.165) is 50.2 Å². The summed E-state index contributed by atoms with van der Waals surface area (Å²) in [7, 11) is 0. The van der Waals surface area contributed by atoms with Crippen molar-refractivity contribution >= 4 is 50.9 Å². The van der Waals surface area contributed by atoms with Gasteiger partial charge in [-0.1, -0.05) is 38.1 Å². The van der Waals surface area contributed by atoms with E-state index in [4.69, 9.17) is 21.6 Å². The first kappa shape index (κ1) is 29.0. The zero-order valence-electron chi connectivity index (χ0n) is 26.0. The van der Waals surface area contributed by atoms with E-state index in [1.807, 2.05) is 49.9 Å². The Morgan fingerprint density at radius 1 is 1.13 bits per heavy atom. The van der Waals surface area contributed by atoms with Crippen molar-refractivity contribution in [2.24, 2.45) is 0 Å². The zero-order valence-corrected chi connectivity index (χ0v) is 26.7. The lowest BCUT2D eigenvalue weighted by Crippen LogP contribution is -2.62. The molecule has 2 N–H and O–H groups in total. The van der Waals surface area contributed by atoms with E-state index >= 15 is 0 Å². The number of anilines is 2. The van der Waals surface area contributed by atoms with Gasteiger partial charge in [0.05, 0.1) is 51.2 Å². The smallest absolute Gasteiger partial charge is 0.282 e. The lowest BCUT2D eigenvalue weighted by molar-refractivity contribution is -0.128. The standard InChI is InChI=1S/C34H35ClN8O2/c1-7-25(44)41-15-21-13-37-30-32(42(21)14-20(41)6)22-12-23(35)28(26-18(4)8-9-24-29(26)39-16-38-24)40-33(22)43(34(30)45)31-19(5)10-11-36-27(31)17(2)3/h7-12,16-17,20-21,37H,1,13-15H2,2-6H3,(H,38,39). The van der Waals surface area contributed by atoms with Gasteiger partial charge in [-0.15, -0.1) is 0 Å². The van der Waals surface area contributed by atoms with Gasteiger partial charge in [0.2, 0.25) is 5.91 Å². The number of carbonyl (C=O) groups is 1. The van der Waals surface area contributed by atoms with Crippen LogP contribution in [0.5, 0.6) is 0 Å². The number of aromatic nitrogens is 5. The molecule has 2 unspecified atom stereocenters. The summed E-state index contributed by atoms with van der Waals surface area (Å²) in [6.07, 6.45) is 4.80. The minimum atomic E-state index is -0.207. The molecule has 0 saturated carbocycles. The van der Waals surface area contributed by atoms with Crippen molar-refractivity contribution in [2.45, 2.75) is 52.6 Å². The Morgan fingerprint density at radius 3 is 2.69 bits per heavy atom. The minimum Gasteiger partial charge on any atom is -0.377 e. The van der Waals surface area contributed by atoms with Gasteiger partial charge in [0.15, 0.2) is 0 Å². The van der Waals surface area contributed by atoms with Crippen molar-refractivity contribution in [1.29, 1.82) is 0 Å². The van der Waals surface area contributed by atoms with Crippen LogP contribution in [0.2, 0.25) is 5.02 Å². The first-order valence-electron chi connectivity index (χ1n) is 15.2. The lowest BCUT2D eigenvalue weighted by Gasteiger charge is -2.49. The number of nitrogens with zero attached hydrogens (tertiary/aromatic N) is 6. The molecule has 5 aromatic rings. The fourth-order valence-corrected chi connectivity index (χ4v) is 7.18. The number of nitrogens with one attached hydrogen (secondary N) is 2. The Bertz CT molecular complexity index is 2100. The zero-order chi connectivity index (χ0) is 31.7. The van der Waals surface area contributed by atoms with Crippen LogP contribution in [0.4, 0.5) is 11.4 Å². The Hall–Kier alpha value is -4.70. The summed E-state index contributed by atoms with van der Waals surface area (Å²) in [6.45, 7) is 15.4. The van der Waals surface area contributed by atoms with Crippen LogP contribution >= 0.6 is 11.6 Å². The third kappa shape index (κ3) is 4.41. The quantitative estimate of drug-likeness (QED) is 0.246. The second-order valence-electron chi connectivity index (χ2n) is 12.4. The molecule has 0 aliphatic carbocycles. The molecule has 0 bridgehead atoms. The van der Waals surface area contributed by atoms with Gasteiger partial charge in [0.1, 0.15) is 11.3 Å². The highest BCUT2D eigenvalue weighted by Gasteiger charge is 2.39. The molecule has 4 aromatic heterocycles. The average Bonchev–Trinajstić information content (AvgIpc) is 3.50. The maximum atomic E-state index is 14.8. The summed E-state index contributed by atoms with van der Waals surface area (Å²) >= 11 is 7.15. The molecule has 10 nitrogen and oxygen atoms in total. The topological polar surface area (TPSA) is 112 Å². The second kappa shape index (κ2) is 10.7. The monoisotopic (exact) mass is 622 g/mol. The summed E-state index contributed by atoms with van der Waals surface area (Å²) in [5.41, 5.74) is 7.93. The molecule has 0 radical (unpaired) electrons. The molecule has 230 valence electrons. The molecule has 1 aromatic carbocycles. The number of hydrogen-bond acceptors (Lipinski definition) is 7. The normalized spacial score (nSPS) is 17.8. The average molecular weight is 623 g/mol. The largest absolute Gasteiger partial charge is 0.377 e. The molecule has 2 aliphatic heterocycles. The van der Waals surface area contributed by atoms with E-state index < -0.39 is 0 Å². The maximum Gasteiger partial charge on any atom is 0.282 e. The summed E-state index contributed by atoms with van der Waals surface area (Å²) in [5.74, 6) is -0.0443. The number of aryl methyl sites for hydroxylation is 2. The van der Waals surface area contributed by atoms with Crippen LogP contribution in [0.15, 0.2) is 54.2 Å². The fourth-order valence-electron chi connectivity index (χ4n) is 6.93. The van der Waals surface area contributed by atoms with Gasteiger partial charge in [0, 0.05) is 42.8 Å². The Balaban J connectivity index is 1.57. The van der Waals surface area contributed by atoms with Crippen LogP contribution in [0.25, 0.3) is 39.0 Å². The first-order chi connectivity index (χ1) is 21.6. The van der Waals surface area contributed by atoms with Crippen molar-refractivity contribution in [2.75, 3.05) is 29.9 Å². The van der Waals surface area contributed by atoms with Gasteiger partial charge in [-0.25, -0.2) is 9.97 Å². The van der Waals surface area contributed by atoms with Gasteiger partial charge in [0.25, 0.3) is 5.56 Å². The number of piperazine rings is 1. The number of halogens is 1. The predicted molar refractivity (Wildman–Crippen MR) is 180 cm³/mol. The van der Waals surface area contributed by atoms with Crippen molar-refractivity contribution in [3.05, 3.63) is 81.6 Å². The third-order valence-corrected chi connectivity index (χ3v) is 9.43. The second-order valence-corrected chi connectivity index (χ2v) is 12.8. The molecule has 2 aliphatic rings. The van der Waals surface area contributed by atoms with Gasteiger partial charge in [-0.05, 0) is 62.1 Å². The van der Waals surface area contributed by atoms with Gasteiger partial charge in [-0.3, -0.25) is 19.1 Å². The van der Waals surface area contributed by atoms with E-state index in [1.165, 1.54) is 6.08 Å². The molecule has 1 fully saturated rings. The van der Waals surface area contributed by atoms with Crippen LogP contribution < -0.4 is 15.8 Å². The number of hydrogen-bond donors (Lipinski definition) is 2. The van der Waals surface area contributed by atoms with E-state index in [-0.39, 0.29) is 29.5 Å². The number of H-pyrrole nitrogens is 1. The fraction of sp³-hybridized carbons (Fsp3) is 0.324. The van der Waals surface area contributed by atoms with E-state index in [2.05, 4.69) is 40.6 Å². The number of carbonyl (C=O) groups excluding carboxylic acids is 1. The number of imidazole rings is 1. The van der Waals surface area contributed by atoms with Gasteiger partial charge >= 0.3 is 0 Å². The van der Waals surface area contributed by atoms with Crippen molar-refractivity contribution < 1.29 is 4.79 Å².